The highest BCUT2D eigenvalue weighted by atomic mass is 15.8. The zero-order valence-electron chi connectivity index (χ0n) is 11.8. The lowest BCUT2D eigenvalue weighted by atomic mass is 9.96. The van der Waals surface area contributed by atoms with Crippen molar-refractivity contribution in [3.63, 3.8) is 0 Å². The topological polar surface area (TPSA) is 9.49 Å². The van der Waals surface area contributed by atoms with E-state index in [-0.39, 0.29) is 5.54 Å². The largest absolute Gasteiger partial charge is 0.272 e. The number of hydrogen-bond acceptors (Lipinski definition) is 3. The van der Waals surface area contributed by atoms with Crippen LogP contribution in [0.3, 0.4) is 0 Å². The Balaban J connectivity index is 1.87. The summed E-state index contributed by atoms with van der Waals surface area (Å²) in [5.74, 6) is 0. The van der Waals surface area contributed by atoms with E-state index in [0.29, 0.717) is 12.1 Å². The Kier molecular flexibility index (Phi) is 2.73. The Morgan fingerprint density at radius 2 is 2.11 bits per heavy atom. The molecule has 0 saturated carbocycles. The minimum Gasteiger partial charge on any atom is -0.272 e. The van der Waals surface area contributed by atoms with Crippen molar-refractivity contribution in [2.75, 3.05) is 20.3 Å². The summed E-state index contributed by atoms with van der Waals surface area (Å²) in [6.07, 6.45) is 11.3. The molecule has 0 aromatic carbocycles. The lowest BCUT2D eigenvalue weighted by Gasteiger charge is -2.46. The molecule has 3 rings (SSSR count). The van der Waals surface area contributed by atoms with Crippen LogP contribution in [-0.4, -0.2) is 52.8 Å². The minimum absolute atomic E-state index is 0.0244. The Labute approximate surface area is 110 Å². The van der Waals surface area contributed by atoms with E-state index in [4.69, 9.17) is 0 Å². The maximum Gasteiger partial charge on any atom is 0.0658 e. The third-order valence-electron chi connectivity index (χ3n) is 4.56. The molecule has 0 spiro atoms. The van der Waals surface area contributed by atoms with Gasteiger partial charge in [0.1, 0.15) is 0 Å². The minimum atomic E-state index is 0.0244. The molecule has 1 aliphatic carbocycles. The number of fused-ring (bicyclic) bond motifs is 1. The summed E-state index contributed by atoms with van der Waals surface area (Å²) >= 11 is 0. The summed E-state index contributed by atoms with van der Waals surface area (Å²) in [6.45, 7) is 9.04. The first-order valence-electron chi connectivity index (χ1n) is 6.81. The molecular formula is C15H23N3. The molecule has 3 aliphatic rings. The lowest BCUT2D eigenvalue weighted by molar-refractivity contribution is -0.0571. The fourth-order valence-electron chi connectivity index (χ4n) is 3.17. The second-order valence-electron chi connectivity index (χ2n) is 6.03. The maximum atomic E-state index is 2.60. The Morgan fingerprint density at radius 1 is 1.33 bits per heavy atom. The van der Waals surface area contributed by atoms with Crippen molar-refractivity contribution in [1.82, 2.24) is 14.9 Å². The molecule has 0 aromatic rings. The van der Waals surface area contributed by atoms with E-state index in [1.807, 2.05) is 0 Å². The molecule has 2 saturated heterocycles. The van der Waals surface area contributed by atoms with Gasteiger partial charge in [0, 0.05) is 19.6 Å². The van der Waals surface area contributed by atoms with E-state index in [0.717, 1.165) is 6.67 Å². The van der Waals surface area contributed by atoms with Crippen LogP contribution in [0.4, 0.5) is 0 Å². The van der Waals surface area contributed by atoms with E-state index >= 15 is 0 Å². The van der Waals surface area contributed by atoms with Gasteiger partial charge in [0.15, 0.2) is 0 Å². The Hall–Kier alpha value is -0.900. The molecule has 3 nitrogen and oxygen atoms in total. The molecule has 2 fully saturated rings. The Bertz CT molecular complexity index is 437. The molecule has 0 amide bonds. The third-order valence-corrected chi connectivity index (χ3v) is 4.56. The normalized spacial score (nSPS) is 44.4. The van der Waals surface area contributed by atoms with Crippen LogP contribution in [0.15, 0.2) is 36.0 Å². The molecule has 98 valence electrons. The van der Waals surface area contributed by atoms with E-state index in [1.165, 1.54) is 12.1 Å². The second-order valence-corrected chi connectivity index (χ2v) is 6.03. The molecule has 2 heterocycles. The van der Waals surface area contributed by atoms with Crippen molar-refractivity contribution in [2.24, 2.45) is 0 Å². The van der Waals surface area contributed by atoms with Crippen molar-refractivity contribution >= 4 is 0 Å². The zero-order valence-corrected chi connectivity index (χ0v) is 11.8. The van der Waals surface area contributed by atoms with Crippen molar-refractivity contribution in [3.05, 3.63) is 36.0 Å². The van der Waals surface area contributed by atoms with Gasteiger partial charge in [0.25, 0.3) is 0 Å². The van der Waals surface area contributed by atoms with Crippen LogP contribution >= 0.6 is 0 Å². The maximum absolute atomic E-state index is 2.60. The van der Waals surface area contributed by atoms with Crippen molar-refractivity contribution < 1.29 is 0 Å². The molecule has 3 heteroatoms. The molecule has 0 N–H and O–H groups in total. The smallest absolute Gasteiger partial charge is 0.0658 e. The number of nitrogens with zero attached hydrogens (tertiary/aromatic N) is 3. The first kappa shape index (κ1) is 12.2. The molecule has 2 aliphatic heterocycles. The standard InChI is InChI=1S/C15H23N3/c1-12-6-5-8-15(3,9-7-12)17-11-16(4)18-10-14(18)13(17)2/h5-9,13-14H,10-11H2,1-4H3. The van der Waals surface area contributed by atoms with Gasteiger partial charge in [-0.05, 0) is 20.8 Å². The molecule has 0 radical (unpaired) electrons. The van der Waals surface area contributed by atoms with Gasteiger partial charge in [0.05, 0.1) is 18.2 Å². The number of allylic oxidation sites excluding steroid dienone is 4. The summed E-state index contributed by atoms with van der Waals surface area (Å²) in [5.41, 5.74) is 1.34. The number of hydrogen-bond donors (Lipinski definition) is 0. The van der Waals surface area contributed by atoms with Gasteiger partial charge in [0.2, 0.25) is 0 Å². The molecule has 4 unspecified atom stereocenters. The predicted octanol–water partition coefficient (Wildman–Crippen LogP) is 2.01. The first-order valence-corrected chi connectivity index (χ1v) is 6.81. The predicted molar refractivity (Wildman–Crippen MR) is 74.9 cm³/mol. The quantitative estimate of drug-likeness (QED) is 0.654. The molecule has 18 heavy (non-hydrogen) atoms. The Morgan fingerprint density at radius 3 is 2.89 bits per heavy atom. The van der Waals surface area contributed by atoms with Crippen molar-refractivity contribution in [3.8, 4) is 0 Å². The molecule has 0 bridgehead atoms. The average molecular weight is 245 g/mol. The summed E-state index contributed by atoms with van der Waals surface area (Å²) < 4.78 is 0. The zero-order chi connectivity index (χ0) is 12.9. The van der Waals surface area contributed by atoms with Gasteiger partial charge in [-0.3, -0.25) is 4.90 Å². The van der Waals surface area contributed by atoms with Crippen LogP contribution in [0, 0.1) is 0 Å². The summed E-state index contributed by atoms with van der Waals surface area (Å²) in [6, 6.07) is 1.32. The van der Waals surface area contributed by atoms with Gasteiger partial charge < -0.3 is 0 Å². The molecular weight excluding hydrogens is 222 g/mol. The van der Waals surface area contributed by atoms with Crippen LogP contribution in [-0.2, 0) is 0 Å². The number of hydrazine groups is 1. The fraction of sp³-hybridized carbons (Fsp3) is 0.600. The van der Waals surface area contributed by atoms with E-state index in [9.17, 15) is 0 Å². The van der Waals surface area contributed by atoms with Crippen LogP contribution < -0.4 is 0 Å². The van der Waals surface area contributed by atoms with Crippen LogP contribution in [0.25, 0.3) is 0 Å². The second kappa shape index (κ2) is 4.05. The van der Waals surface area contributed by atoms with Gasteiger partial charge >= 0.3 is 0 Å². The van der Waals surface area contributed by atoms with Gasteiger partial charge in [-0.15, -0.1) is 0 Å². The van der Waals surface area contributed by atoms with E-state index < -0.39 is 0 Å². The monoisotopic (exact) mass is 245 g/mol. The summed E-state index contributed by atoms with van der Waals surface area (Å²) in [5, 5.41) is 4.81. The highest BCUT2D eigenvalue weighted by Crippen LogP contribution is 2.36. The fourth-order valence-corrected chi connectivity index (χ4v) is 3.17. The van der Waals surface area contributed by atoms with Gasteiger partial charge in [-0.2, -0.15) is 0 Å². The van der Waals surface area contributed by atoms with Gasteiger partial charge in [-0.25, -0.2) is 10.0 Å². The van der Waals surface area contributed by atoms with Crippen molar-refractivity contribution in [2.45, 2.75) is 38.4 Å². The highest BCUT2D eigenvalue weighted by Gasteiger charge is 2.51. The SMILES string of the molecule is CC1=CC=CC(C)(N2CN(C)N3CC3C2C)C=C1. The third kappa shape index (κ3) is 1.87. The van der Waals surface area contributed by atoms with Crippen LogP contribution in [0.1, 0.15) is 20.8 Å². The van der Waals surface area contributed by atoms with Gasteiger partial charge in [-0.1, -0.05) is 36.0 Å². The highest BCUT2D eigenvalue weighted by molar-refractivity contribution is 5.33. The molecule has 0 aromatic heterocycles. The number of rotatable bonds is 1. The summed E-state index contributed by atoms with van der Waals surface area (Å²) in [7, 11) is 2.19. The van der Waals surface area contributed by atoms with Crippen LogP contribution in [0.5, 0.6) is 0 Å². The van der Waals surface area contributed by atoms with E-state index in [1.54, 1.807) is 0 Å². The first-order chi connectivity index (χ1) is 8.51. The van der Waals surface area contributed by atoms with Crippen molar-refractivity contribution in [1.29, 1.82) is 0 Å². The van der Waals surface area contributed by atoms with E-state index in [2.05, 4.69) is 73.1 Å². The summed E-state index contributed by atoms with van der Waals surface area (Å²) in [4.78, 5) is 2.60. The molecule has 4 atom stereocenters. The lowest BCUT2D eigenvalue weighted by Crippen LogP contribution is -2.59. The van der Waals surface area contributed by atoms with Crippen LogP contribution in [0.2, 0.25) is 0 Å². The average Bonchev–Trinajstić information content (AvgIpc) is 3.11.